The number of aromatic nitrogens is 3. The molecule has 0 saturated heterocycles. The van der Waals surface area contributed by atoms with Gasteiger partial charge in [0, 0.05) is 30.3 Å². The van der Waals surface area contributed by atoms with Crippen molar-refractivity contribution in [3.63, 3.8) is 0 Å². The summed E-state index contributed by atoms with van der Waals surface area (Å²) < 4.78 is 12.5. The molecule has 0 radical (unpaired) electrons. The average molecular weight is 455 g/mol. The second-order valence-corrected chi connectivity index (χ2v) is 14.4. The number of nitrogens with one attached hydrogen (secondary N) is 2. The fourth-order valence-electron chi connectivity index (χ4n) is 3.21. The third kappa shape index (κ3) is 5.95. The molecule has 0 spiro atoms. The lowest BCUT2D eigenvalue weighted by Gasteiger charge is -2.40. The van der Waals surface area contributed by atoms with Gasteiger partial charge in [-0.15, -0.1) is 0 Å². The zero-order valence-corrected chi connectivity index (χ0v) is 20.8. The standard InChI is InChI=1S/C24H34N4O3Si/c1-17(31-32(5,6)24(2,3)4)20(28-23(29)21-15-25-16-27-21)11-12-30-22-13-18-9-7-8-10-19(18)14-26-22/h7-10,13-17,20H,11-12H2,1-6H3,(H,25,27)(H,28,29)/t17-,20+/m0/s1. The van der Waals surface area contributed by atoms with E-state index in [1.807, 2.05) is 43.5 Å². The predicted molar refractivity (Wildman–Crippen MR) is 129 cm³/mol. The Morgan fingerprint density at radius 3 is 2.56 bits per heavy atom. The van der Waals surface area contributed by atoms with Gasteiger partial charge < -0.3 is 19.5 Å². The van der Waals surface area contributed by atoms with Gasteiger partial charge in [-0.1, -0.05) is 45.0 Å². The Morgan fingerprint density at radius 2 is 1.91 bits per heavy atom. The maximum Gasteiger partial charge on any atom is 0.271 e. The maximum atomic E-state index is 12.7. The van der Waals surface area contributed by atoms with E-state index in [0.717, 1.165) is 10.8 Å². The third-order valence-corrected chi connectivity index (χ3v) is 10.8. The van der Waals surface area contributed by atoms with Gasteiger partial charge in [0.25, 0.3) is 5.91 Å². The first-order valence-electron chi connectivity index (χ1n) is 11.0. The van der Waals surface area contributed by atoms with Crippen LogP contribution in [0.2, 0.25) is 18.1 Å². The number of fused-ring (bicyclic) bond motifs is 1. The number of nitrogens with zero attached hydrogens (tertiary/aromatic N) is 2. The van der Waals surface area contributed by atoms with Crippen molar-refractivity contribution in [3.05, 3.63) is 54.7 Å². The van der Waals surface area contributed by atoms with Crippen molar-refractivity contribution in [2.45, 2.75) is 64.4 Å². The van der Waals surface area contributed by atoms with Crippen LogP contribution in [0.15, 0.2) is 49.1 Å². The largest absolute Gasteiger partial charge is 0.478 e. The molecule has 2 heterocycles. The van der Waals surface area contributed by atoms with E-state index in [9.17, 15) is 4.79 Å². The summed E-state index contributed by atoms with van der Waals surface area (Å²) in [5, 5.41) is 5.31. The molecule has 0 aliphatic rings. The van der Waals surface area contributed by atoms with Crippen LogP contribution in [0.5, 0.6) is 5.88 Å². The van der Waals surface area contributed by atoms with Gasteiger partial charge in [0.05, 0.1) is 25.1 Å². The van der Waals surface area contributed by atoms with Crippen LogP contribution < -0.4 is 10.1 Å². The van der Waals surface area contributed by atoms with E-state index in [1.165, 1.54) is 6.33 Å². The van der Waals surface area contributed by atoms with Crippen molar-refractivity contribution in [2.75, 3.05) is 6.61 Å². The molecule has 0 bridgehead atoms. The normalized spacial score (nSPS) is 14.2. The van der Waals surface area contributed by atoms with Gasteiger partial charge in [-0.25, -0.2) is 9.97 Å². The van der Waals surface area contributed by atoms with E-state index in [1.54, 1.807) is 6.20 Å². The second-order valence-electron chi connectivity index (χ2n) is 9.62. The van der Waals surface area contributed by atoms with Crippen molar-refractivity contribution in [1.29, 1.82) is 0 Å². The van der Waals surface area contributed by atoms with E-state index < -0.39 is 8.32 Å². The van der Waals surface area contributed by atoms with Gasteiger partial charge in [0.1, 0.15) is 5.69 Å². The molecule has 0 saturated carbocycles. The summed E-state index contributed by atoms with van der Waals surface area (Å²) >= 11 is 0. The van der Waals surface area contributed by atoms with Crippen LogP contribution in [-0.2, 0) is 4.43 Å². The first kappa shape index (κ1) is 23.9. The number of hydrogen-bond acceptors (Lipinski definition) is 5. The molecule has 1 aromatic carbocycles. The van der Waals surface area contributed by atoms with Gasteiger partial charge in [-0.05, 0) is 30.4 Å². The molecule has 2 N–H and O–H groups in total. The van der Waals surface area contributed by atoms with Gasteiger partial charge in [-0.3, -0.25) is 4.79 Å². The highest BCUT2D eigenvalue weighted by Crippen LogP contribution is 2.37. The third-order valence-electron chi connectivity index (χ3n) is 6.19. The van der Waals surface area contributed by atoms with E-state index in [-0.39, 0.29) is 23.1 Å². The van der Waals surface area contributed by atoms with Gasteiger partial charge in [0.2, 0.25) is 5.88 Å². The quantitative estimate of drug-likeness (QED) is 0.447. The van der Waals surface area contributed by atoms with Gasteiger partial charge in [0.15, 0.2) is 8.32 Å². The lowest BCUT2D eigenvalue weighted by Crippen LogP contribution is -2.51. The smallest absolute Gasteiger partial charge is 0.271 e. The lowest BCUT2D eigenvalue weighted by molar-refractivity contribution is 0.0841. The highest BCUT2D eigenvalue weighted by molar-refractivity contribution is 6.74. The van der Waals surface area contributed by atoms with E-state index in [0.29, 0.717) is 24.6 Å². The van der Waals surface area contributed by atoms with Crippen LogP contribution in [0.4, 0.5) is 0 Å². The maximum absolute atomic E-state index is 12.7. The van der Waals surface area contributed by atoms with Crippen molar-refractivity contribution >= 4 is 25.0 Å². The van der Waals surface area contributed by atoms with Crippen LogP contribution in [0, 0.1) is 0 Å². The fourth-order valence-corrected chi connectivity index (χ4v) is 4.65. The highest BCUT2D eigenvalue weighted by atomic mass is 28.4. The number of pyridine rings is 1. The molecule has 172 valence electrons. The summed E-state index contributed by atoms with van der Waals surface area (Å²) in [6.45, 7) is 13.5. The monoisotopic (exact) mass is 454 g/mol. The number of ether oxygens (including phenoxy) is 1. The minimum Gasteiger partial charge on any atom is -0.478 e. The molecule has 8 heteroatoms. The first-order valence-corrected chi connectivity index (χ1v) is 13.9. The van der Waals surface area contributed by atoms with Crippen LogP contribution in [-0.4, -0.2) is 47.9 Å². The molecule has 0 aliphatic heterocycles. The molecule has 32 heavy (non-hydrogen) atoms. The van der Waals surface area contributed by atoms with Gasteiger partial charge >= 0.3 is 0 Å². The van der Waals surface area contributed by atoms with E-state index in [4.69, 9.17) is 9.16 Å². The summed E-state index contributed by atoms with van der Waals surface area (Å²) in [5.74, 6) is 0.338. The van der Waals surface area contributed by atoms with E-state index >= 15 is 0 Å². The van der Waals surface area contributed by atoms with Crippen molar-refractivity contribution in [1.82, 2.24) is 20.3 Å². The van der Waals surface area contributed by atoms with Crippen molar-refractivity contribution < 1.29 is 14.0 Å². The van der Waals surface area contributed by atoms with Crippen LogP contribution in [0.1, 0.15) is 44.6 Å². The molecule has 7 nitrogen and oxygen atoms in total. The Balaban J connectivity index is 1.68. The molecular weight excluding hydrogens is 420 g/mol. The van der Waals surface area contributed by atoms with Crippen LogP contribution >= 0.6 is 0 Å². The summed E-state index contributed by atoms with van der Waals surface area (Å²) in [5.41, 5.74) is 0.353. The van der Waals surface area contributed by atoms with E-state index in [2.05, 4.69) is 54.1 Å². The van der Waals surface area contributed by atoms with Crippen LogP contribution in [0.25, 0.3) is 10.8 Å². The number of carbonyl (C=O) groups excluding carboxylic acids is 1. The number of hydrogen-bond donors (Lipinski definition) is 2. The minimum atomic E-state index is -2.01. The Bertz CT molecular complexity index is 1030. The Morgan fingerprint density at radius 1 is 1.19 bits per heavy atom. The number of rotatable bonds is 9. The molecule has 1 amide bonds. The van der Waals surface area contributed by atoms with Crippen molar-refractivity contribution in [2.24, 2.45) is 0 Å². The molecule has 2 atom stereocenters. The Labute approximate surface area is 191 Å². The molecule has 0 fully saturated rings. The molecule has 0 unspecified atom stereocenters. The first-order chi connectivity index (χ1) is 15.1. The number of benzene rings is 1. The molecular formula is C24H34N4O3Si. The Kier molecular flexibility index (Phi) is 7.35. The summed E-state index contributed by atoms with van der Waals surface area (Å²) in [6.07, 6.45) is 5.30. The number of aromatic amines is 1. The lowest BCUT2D eigenvalue weighted by atomic mass is 10.1. The summed E-state index contributed by atoms with van der Waals surface area (Å²) in [4.78, 5) is 23.9. The molecule has 3 rings (SSSR count). The topological polar surface area (TPSA) is 89.1 Å². The second kappa shape index (κ2) is 9.83. The number of carbonyl (C=O) groups is 1. The zero-order chi connectivity index (χ0) is 23.4. The SMILES string of the molecule is C[C@H](O[Si](C)(C)C(C)(C)C)[C@@H](CCOc1cc2ccccc2cn1)NC(=O)c1c[nH]cn1. The number of H-pyrrole nitrogens is 1. The van der Waals surface area contributed by atoms with Crippen LogP contribution in [0.3, 0.4) is 0 Å². The minimum absolute atomic E-state index is 0.0729. The Hall–Kier alpha value is -2.71. The van der Waals surface area contributed by atoms with Crippen molar-refractivity contribution in [3.8, 4) is 5.88 Å². The number of imidazole rings is 1. The zero-order valence-electron chi connectivity index (χ0n) is 19.8. The number of amides is 1. The molecule has 2 aromatic heterocycles. The average Bonchev–Trinajstić information content (AvgIpc) is 3.27. The highest BCUT2D eigenvalue weighted by Gasteiger charge is 2.40. The summed E-state index contributed by atoms with van der Waals surface area (Å²) in [6, 6.07) is 9.74. The fraction of sp³-hybridized carbons (Fsp3) is 0.458. The molecule has 3 aromatic rings. The summed E-state index contributed by atoms with van der Waals surface area (Å²) in [7, 11) is -2.01. The molecule has 0 aliphatic carbocycles. The van der Waals surface area contributed by atoms with Gasteiger partial charge in [-0.2, -0.15) is 0 Å². The predicted octanol–water partition coefficient (Wildman–Crippen LogP) is 4.94.